The minimum atomic E-state index is 0.108. The third-order valence-corrected chi connectivity index (χ3v) is 7.54. The molecule has 0 bridgehead atoms. The van der Waals surface area contributed by atoms with Gasteiger partial charge in [0.25, 0.3) is 5.91 Å². The molecule has 0 spiro atoms. The van der Waals surface area contributed by atoms with E-state index in [-0.39, 0.29) is 5.91 Å². The summed E-state index contributed by atoms with van der Waals surface area (Å²) in [5.74, 6) is 2.03. The van der Waals surface area contributed by atoms with Gasteiger partial charge < -0.3 is 15.0 Å². The zero-order chi connectivity index (χ0) is 29.2. The van der Waals surface area contributed by atoms with Crippen LogP contribution in [0, 0.1) is 11.8 Å². The molecular formula is C35H46N4O2. The van der Waals surface area contributed by atoms with Gasteiger partial charge in [-0.05, 0) is 86.0 Å². The molecule has 1 amide bonds. The van der Waals surface area contributed by atoms with Crippen LogP contribution in [-0.4, -0.2) is 47.2 Å². The Hall–Kier alpha value is -3.64. The molecule has 0 aliphatic heterocycles. The summed E-state index contributed by atoms with van der Waals surface area (Å²) >= 11 is 0. The third-order valence-electron chi connectivity index (χ3n) is 7.54. The Morgan fingerprint density at radius 2 is 1.63 bits per heavy atom. The van der Waals surface area contributed by atoms with Crippen LogP contribution >= 0.6 is 0 Å². The van der Waals surface area contributed by atoms with E-state index in [0.717, 1.165) is 79.9 Å². The molecule has 1 N–H and O–H groups in total. The van der Waals surface area contributed by atoms with Gasteiger partial charge in [-0.1, -0.05) is 58.0 Å². The van der Waals surface area contributed by atoms with Gasteiger partial charge >= 0.3 is 0 Å². The molecular weight excluding hydrogens is 508 g/mol. The summed E-state index contributed by atoms with van der Waals surface area (Å²) in [6.45, 7) is 12.2. The highest BCUT2D eigenvalue weighted by atomic mass is 16.5. The Labute approximate surface area is 245 Å². The molecule has 6 nitrogen and oxygen atoms in total. The summed E-state index contributed by atoms with van der Waals surface area (Å²) in [7, 11) is 1.68. The minimum Gasteiger partial charge on any atom is -0.497 e. The Morgan fingerprint density at radius 1 is 0.951 bits per heavy atom. The zero-order valence-corrected chi connectivity index (χ0v) is 25.4. The van der Waals surface area contributed by atoms with Crippen molar-refractivity contribution in [1.82, 2.24) is 19.8 Å². The molecule has 0 saturated carbocycles. The van der Waals surface area contributed by atoms with E-state index >= 15 is 0 Å². The Balaban J connectivity index is 1.60. The molecule has 218 valence electrons. The Morgan fingerprint density at radius 3 is 2.27 bits per heavy atom. The van der Waals surface area contributed by atoms with Gasteiger partial charge in [-0.15, -0.1) is 0 Å². The first-order valence-electron chi connectivity index (χ1n) is 15.0. The predicted molar refractivity (Wildman–Crippen MR) is 168 cm³/mol. The van der Waals surface area contributed by atoms with Crippen LogP contribution in [0.2, 0.25) is 0 Å². The fourth-order valence-electron chi connectivity index (χ4n) is 5.00. The SMILES string of the molecule is COc1ccc(-c2nn3ccc(C(=O)N(CCC(C)C)CCC(C)C)cc3c2CCCNCc2ccccc2)cc1. The number of aryl methyl sites for hydroxylation is 1. The molecule has 0 radical (unpaired) electrons. The van der Waals surface area contributed by atoms with E-state index < -0.39 is 0 Å². The molecule has 2 aromatic heterocycles. The summed E-state index contributed by atoms with van der Waals surface area (Å²) < 4.78 is 7.31. The minimum absolute atomic E-state index is 0.108. The highest BCUT2D eigenvalue weighted by Gasteiger charge is 2.20. The first-order valence-corrected chi connectivity index (χ1v) is 15.0. The summed E-state index contributed by atoms with van der Waals surface area (Å²) in [6, 6.07) is 22.5. The topological polar surface area (TPSA) is 58.9 Å². The fourth-order valence-corrected chi connectivity index (χ4v) is 5.00. The number of ether oxygens (including phenoxy) is 1. The molecule has 6 heteroatoms. The smallest absolute Gasteiger partial charge is 0.253 e. The number of hydrogen-bond acceptors (Lipinski definition) is 4. The molecule has 0 atom stereocenters. The molecule has 2 aromatic carbocycles. The summed E-state index contributed by atoms with van der Waals surface area (Å²) in [4.78, 5) is 15.8. The van der Waals surface area contributed by atoms with Gasteiger partial charge in [0.05, 0.1) is 18.3 Å². The van der Waals surface area contributed by atoms with E-state index in [1.807, 2.05) is 45.9 Å². The van der Waals surface area contributed by atoms with Gasteiger partial charge in [-0.2, -0.15) is 5.10 Å². The van der Waals surface area contributed by atoms with Crippen molar-refractivity contribution in [3.05, 3.63) is 89.6 Å². The predicted octanol–water partition coefficient (Wildman–Crippen LogP) is 7.27. The van der Waals surface area contributed by atoms with Gasteiger partial charge in [-0.25, -0.2) is 4.52 Å². The first-order chi connectivity index (χ1) is 19.9. The van der Waals surface area contributed by atoms with Crippen molar-refractivity contribution in [3.8, 4) is 17.0 Å². The van der Waals surface area contributed by atoms with Gasteiger partial charge in [-0.3, -0.25) is 4.79 Å². The number of aromatic nitrogens is 2. The normalized spacial score (nSPS) is 11.5. The number of nitrogens with zero attached hydrogens (tertiary/aromatic N) is 3. The van der Waals surface area contributed by atoms with Gasteiger partial charge in [0.15, 0.2) is 0 Å². The highest BCUT2D eigenvalue weighted by molar-refractivity contribution is 5.95. The maximum absolute atomic E-state index is 13.8. The van der Waals surface area contributed by atoms with Crippen molar-refractivity contribution in [2.45, 2.75) is 59.9 Å². The number of fused-ring (bicyclic) bond motifs is 1. The van der Waals surface area contributed by atoms with Crippen molar-refractivity contribution < 1.29 is 9.53 Å². The van der Waals surface area contributed by atoms with Crippen LogP contribution in [0.1, 0.15) is 68.4 Å². The van der Waals surface area contributed by atoms with Gasteiger partial charge in [0.2, 0.25) is 0 Å². The first kappa shape index (κ1) is 30.3. The van der Waals surface area contributed by atoms with Crippen LogP contribution in [-0.2, 0) is 13.0 Å². The van der Waals surface area contributed by atoms with Crippen molar-refractivity contribution in [3.63, 3.8) is 0 Å². The lowest BCUT2D eigenvalue weighted by molar-refractivity contribution is 0.0741. The molecule has 0 fully saturated rings. The van der Waals surface area contributed by atoms with E-state index in [4.69, 9.17) is 9.84 Å². The van der Waals surface area contributed by atoms with E-state index in [9.17, 15) is 4.79 Å². The van der Waals surface area contributed by atoms with Crippen molar-refractivity contribution in [2.75, 3.05) is 26.7 Å². The highest BCUT2D eigenvalue weighted by Crippen LogP contribution is 2.29. The molecule has 41 heavy (non-hydrogen) atoms. The number of benzene rings is 2. The van der Waals surface area contributed by atoms with Crippen LogP contribution < -0.4 is 10.1 Å². The lowest BCUT2D eigenvalue weighted by Gasteiger charge is -2.24. The number of methoxy groups -OCH3 is 1. The monoisotopic (exact) mass is 554 g/mol. The molecule has 2 heterocycles. The second-order valence-corrected chi connectivity index (χ2v) is 11.7. The van der Waals surface area contributed by atoms with E-state index in [1.54, 1.807) is 7.11 Å². The number of rotatable bonds is 15. The molecule has 4 rings (SSSR count). The number of pyridine rings is 1. The van der Waals surface area contributed by atoms with E-state index in [1.165, 1.54) is 11.1 Å². The fraction of sp³-hybridized carbons (Fsp3) is 0.429. The summed E-state index contributed by atoms with van der Waals surface area (Å²) in [5, 5.41) is 8.55. The lowest BCUT2D eigenvalue weighted by atomic mass is 10.0. The van der Waals surface area contributed by atoms with Crippen molar-refractivity contribution >= 4 is 11.4 Å². The van der Waals surface area contributed by atoms with Crippen LogP contribution in [0.25, 0.3) is 16.8 Å². The standard InChI is InChI=1S/C35H46N4O2/c1-26(2)17-21-38(22-18-27(3)4)35(40)30-19-23-39-33(24-30)32(12-9-20-36-25-28-10-7-6-8-11-28)34(37-39)29-13-15-31(41-5)16-14-29/h6-8,10-11,13-16,19,23-24,26-27,36H,9,12,17-18,20-22,25H2,1-5H3. The van der Waals surface area contributed by atoms with Gasteiger partial charge in [0, 0.05) is 42.5 Å². The lowest BCUT2D eigenvalue weighted by Crippen LogP contribution is -2.34. The van der Waals surface area contributed by atoms with E-state index in [0.29, 0.717) is 11.8 Å². The summed E-state index contributed by atoms with van der Waals surface area (Å²) in [6.07, 6.45) is 5.76. The molecule has 0 unspecified atom stereocenters. The number of nitrogens with one attached hydrogen (secondary N) is 1. The van der Waals surface area contributed by atoms with Gasteiger partial charge in [0.1, 0.15) is 5.75 Å². The van der Waals surface area contributed by atoms with E-state index in [2.05, 4.69) is 69.4 Å². The number of hydrogen-bond donors (Lipinski definition) is 1. The average Bonchev–Trinajstić information content (AvgIpc) is 3.34. The van der Waals surface area contributed by atoms with Crippen LogP contribution in [0.4, 0.5) is 0 Å². The number of amides is 1. The maximum Gasteiger partial charge on any atom is 0.253 e. The third kappa shape index (κ3) is 8.43. The molecule has 4 aromatic rings. The van der Waals surface area contributed by atoms with Crippen molar-refractivity contribution in [1.29, 1.82) is 0 Å². The Bertz CT molecular complexity index is 1360. The average molecular weight is 555 g/mol. The van der Waals surface area contributed by atoms with Crippen LogP contribution in [0.15, 0.2) is 72.9 Å². The maximum atomic E-state index is 13.8. The number of carbonyl (C=O) groups is 1. The Kier molecular flexibility index (Phi) is 11.0. The molecule has 0 aliphatic rings. The molecule has 0 saturated heterocycles. The zero-order valence-electron chi connectivity index (χ0n) is 25.4. The summed E-state index contributed by atoms with van der Waals surface area (Å²) in [5.41, 5.74) is 6.18. The van der Waals surface area contributed by atoms with Crippen LogP contribution in [0.5, 0.6) is 5.75 Å². The number of carbonyl (C=O) groups excluding carboxylic acids is 1. The second-order valence-electron chi connectivity index (χ2n) is 11.7. The van der Waals surface area contributed by atoms with Crippen molar-refractivity contribution in [2.24, 2.45) is 11.8 Å². The van der Waals surface area contributed by atoms with Crippen LogP contribution in [0.3, 0.4) is 0 Å². The quantitative estimate of drug-likeness (QED) is 0.157. The largest absolute Gasteiger partial charge is 0.497 e. The second kappa shape index (κ2) is 14.8. The molecule has 0 aliphatic carbocycles.